The van der Waals surface area contributed by atoms with Gasteiger partial charge in [0.25, 0.3) is 0 Å². The minimum absolute atomic E-state index is 0.0212. The topological polar surface area (TPSA) is 150 Å². The molecule has 11 aliphatic rings. The Morgan fingerprint density at radius 2 is 1.97 bits per heavy atom. The largest absolute Gasteiger partial charge is 0.465 e. The van der Waals surface area contributed by atoms with Crippen molar-refractivity contribution in [3.05, 3.63) is 93.3 Å². The van der Waals surface area contributed by atoms with Gasteiger partial charge in [0, 0.05) is 71.7 Å². The lowest BCUT2D eigenvalue weighted by Gasteiger charge is -2.49. The number of hydrogen-bond acceptors (Lipinski definition) is 12. The predicted octanol–water partition coefficient (Wildman–Crippen LogP) is 6.61. The summed E-state index contributed by atoms with van der Waals surface area (Å²) in [5.41, 5.74) is 15.7. The maximum absolute atomic E-state index is 13.6. The maximum atomic E-state index is 13.6. The summed E-state index contributed by atoms with van der Waals surface area (Å²) in [5, 5.41) is 37.9. The normalized spacial score (nSPS) is 33.5. The number of ether oxygens (including phenoxy) is 2. The van der Waals surface area contributed by atoms with Crippen molar-refractivity contribution in [2.45, 2.75) is 119 Å². The second-order valence-corrected chi connectivity index (χ2v) is 21.6. The number of carbonyl (C=O) groups is 1. The van der Waals surface area contributed by atoms with Crippen molar-refractivity contribution < 1.29 is 29.6 Å². The first-order chi connectivity index (χ1) is 30.1. The molecule has 62 heavy (non-hydrogen) atoms. The Labute approximate surface area is 371 Å². The van der Waals surface area contributed by atoms with Crippen LogP contribution in [0.3, 0.4) is 0 Å². The minimum Gasteiger partial charge on any atom is -0.465 e. The summed E-state index contributed by atoms with van der Waals surface area (Å²) >= 11 is 0. The van der Waals surface area contributed by atoms with Crippen LogP contribution in [0.5, 0.6) is 11.5 Å². The number of fused-ring (bicyclic) bond motifs is 2. The van der Waals surface area contributed by atoms with Crippen molar-refractivity contribution in [2.24, 2.45) is 33.9 Å². The van der Waals surface area contributed by atoms with Gasteiger partial charge in [-0.05, 0) is 83.9 Å². The molecule has 0 amide bonds. The van der Waals surface area contributed by atoms with Gasteiger partial charge in [-0.15, -0.1) is 0 Å². The third-order valence-corrected chi connectivity index (χ3v) is 17.8. The van der Waals surface area contributed by atoms with Crippen LogP contribution in [-0.4, -0.2) is 69.0 Å². The molecule has 10 bridgehead atoms. The van der Waals surface area contributed by atoms with Crippen LogP contribution in [0.4, 0.5) is 0 Å². The first-order valence-electron chi connectivity index (χ1n) is 22.5. The Kier molecular flexibility index (Phi) is 10.5. The van der Waals surface area contributed by atoms with Crippen molar-refractivity contribution in [1.82, 2.24) is 10.2 Å². The third-order valence-electron chi connectivity index (χ3n) is 15.4. The molecule has 2 spiro atoms. The molecule has 8 heterocycles. The van der Waals surface area contributed by atoms with E-state index in [9.17, 15) is 20.1 Å². The Morgan fingerprint density at radius 1 is 1.11 bits per heavy atom. The van der Waals surface area contributed by atoms with Crippen LogP contribution in [0.15, 0.2) is 65.0 Å². The number of rotatable bonds is 6. The van der Waals surface area contributed by atoms with E-state index in [1.807, 2.05) is 42.0 Å². The summed E-state index contributed by atoms with van der Waals surface area (Å²) in [4.78, 5) is 21.0. The molecule has 13 rings (SSSR count). The van der Waals surface area contributed by atoms with Gasteiger partial charge in [0.2, 0.25) is 0 Å². The summed E-state index contributed by atoms with van der Waals surface area (Å²) in [7, 11) is 3.62. The standard InChI is InChI=1S/C50H54N4O6S2/c1-28-4-8-32(41(57)20-28)42(58)21-30(55)7-5-29-6-13-43-46-37(29)25-61-62-27-50-17-14-31-35-22-52-39-24-54(23-36(35)39)48(60-46)38(49(18-19-59-43)15-2-3-16-49)11-12-40(56)33-9-10-34(45(50)44(31)33)47(51)53-26-50/h4,6,8-10,13,22-23,28,31-32,38,40-42,47-48,53,56-58H,2-3,5,7,14-17,20-21,24-27,51H2,1H3. The average Bonchev–Trinajstić information content (AvgIpc) is 4.01. The van der Waals surface area contributed by atoms with Crippen LogP contribution in [0.1, 0.15) is 116 Å². The molecular formula is C50H54N4O6S2. The number of nitrogens with one attached hydrogen (secondary N) is 1. The molecule has 10 unspecified atom stereocenters. The molecule has 0 aromatic heterocycles. The molecule has 1 fully saturated rings. The molecule has 8 aliphatic heterocycles. The molecule has 0 saturated heterocycles. The highest BCUT2D eigenvalue weighted by molar-refractivity contribution is 8.76. The second kappa shape index (κ2) is 15.9. The number of allylic oxidation sites excluding steroid dienone is 2. The number of aliphatic hydroxyl groups is 3. The summed E-state index contributed by atoms with van der Waals surface area (Å²) in [5.74, 6) is 12.6. The first-order valence-corrected chi connectivity index (χ1v) is 25.0. The highest BCUT2D eigenvalue weighted by atomic mass is 33.1. The fraction of sp³-hybridized carbons (Fsp3) is 0.520. The van der Waals surface area contributed by atoms with Crippen LogP contribution in [0.25, 0.3) is 0 Å². The van der Waals surface area contributed by atoms with Crippen molar-refractivity contribution >= 4 is 33.1 Å². The Morgan fingerprint density at radius 3 is 2.82 bits per heavy atom. The van der Waals surface area contributed by atoms with Crippen LogP contribution in [0, 0.1) is 47.0 Å². The van der Waals surface area contributed by atoms with Gasteiger partial charge < -0.3 is 35.4 Å². The quantitative estimate of drug-likeness (QED) is 0.121. The van der Waals surface area contributed by atoms with Crippen LogP contribution < -0.4 is 20.5 Å². The molecule has 1 saturated carbocycles. The number of ketones is 1. The monoisotopic (exact) mass is 870 g/mol. The Bertz CT molecular complexity index is 2470. The molecular weight excluding hydrogens is 817 g/mol. The van der Waals surface area contributed by atoms with Crippen LogP contribution in [0.2, 0.25) is 0 Å². The number of carbonyl (C=O) groups excluding carboxylic acids is 1. The molecule has 10 nitrogen and oxygen atoms in total. The van der Waals surface area contributed by atoms with Crippen molar-refractivity contribution in [3.8, 4) is 35.4 Å². The van der Waals surface area contributed by atoms with Gasteiger partial charge in [-0.2, -0.15) is 0 Å². The number of Topliss-reactive ketones (excluding diaryl/α,β-unsaturated/α-hetero) is 1. The molecule has 322 valence electrons. The molecule has 6 N–H and O–H groups in total. The minimum atomic E-state index is -1.04. The Balaban J connectivity index is 1.05. The average molecular weight is 871 g/mol. The van der Waals surface area contributed by atoms with E-state index in [1.54, 1.807) is 10.8 Å². The van der Waals surface area contributed by atoms with E-state index in [0.29, 0.717) is 36.6 Å². The summed E-state index contributed by atoms with van der Waals surface area (Å²) in [6, 6.07) is 8.14. The van der Waals surface area contributed by atoms with E-state index in [2.05, 4.69) is 58.6 Å². The van der Waals surface area contributed by atoms with E-state index in [1.165, 1.54) is 11.1 Å². The van der Waals surface area contributed by atoms with Gasteiger partial charge in [-0.3, -0.25) is 15.1 Å². The van der Waals surface area contributed by atoms with E-state index in [-0.39, 0.29) is 42.0 Å². The molecule has 3 aliphatic carbocycles. The van der Waals surface area contributed by atoms with Crippen LogP contribution in [-0.2, 0) is 22.4 Å². The summed E-state index contributed by atoms with van der Waals surface area (Å²) < 4.78 is 13.9. The predicted molar refractivity (Wildman–Crippen MR) is 242 cm³/mol. The van der Waals surface area contributed by atoms with E-state index in [4.69, 9.17) is 20.2 Å². The number of aliphatic hydroxyl groups excluding tert-OH is 3. The second-order valence-electron chi connectivity index (χ2n) is 19.1. The van der Waals surface area contributed by atoms with Gasteiger partial charge in [0.1, 0.15) is 18.0 Å². The maximum Gasteiger partial charge on any atom is 0.187 e. The number of nitrogens with zero attached hydrogens (tertiary/aromatic N) is 2. The number of nitrogens with two attached hydrogens (primary N) is 1. The van der Waals surface area contributed by atoms with E-state index in [0.717, 1.165) is 89.9 Å². The zero-order valence-electron chi connectivity index (χ0n) is 35.1. The van der Waals surface area contributed by atoms with Gasteiger partial charge in [0.15, 0.2) is 17.7 Å². The number of aliphatic imine (C=N–C) groups is 1. The highest BCUT2D eigenvalue weighted by Gasteiger charge is 2.52. The number of benzene rings is 2. The lowest BCUT2D eigenvalue weighted by molar-refractivity contribution is -0.122. The molecule has 2 aromatic carbocycles. The fourth-order valence-electron chi connectivity index (χ4n) is 12.0. The third kappa shape index (κ3) is 6.79. The zero-order chi connectivity index (χ0) is 42.3. The van der Waals surface area contributed by atoms with Crippen molar-refractivity contribution in [2.75, 3.05) is 18.8 Å². The molecule has 0 radical (unpaired) electrons. The molecule has 12 heteroatoms. The SMILES string of the molecule is CC1C=CC(C(O)CC(=O)CCc2ccc3c4c2CSSCC25CCC6C7=CN=C8CN(C=C78)C(O4)C(C#CC(O)c4ccc(c2c46)C(N)NC5)C2(C#CO3)CCCC2)C(O)C1. The van der Waals surface area contributed by atoms with Gasteiger partial charge >= 0.3 is 0 Å². The number of aryl methyl sites for hydroxylation is 1. The van der Waals surface area contributed by atoms with Crippen molar-refractivity contribution in [3.63, 3.8) is 0 Å². The Hall–Kier alpha value is -3.98. The lowest BCUT2D eigenvalue weighted by atomic mass is 9.61. The summed E-state index contributed by atoms with van der Waals surface area (Å²) in [6.45, 7) is 3.32. The number of hydrogen-bond donors (Lipinski definition) is 5. The summed E-state index contributed by atoms with van der Waals surface area (Å²) in [6.07, 6.45) is 14.5. The van der Waals surface area contributed by atoms with E-state index < -0.39 is 41.8 Å². The molecule has 10 atom stereocenters. The molecule has 2 aromatic rings. The lowest BCUT2D eigenvalue weighted by Crippen LogP contribution is -2.52. The smallest absolute Gasteiger partial charge is 0.187 e. The van der Waals surface area contributed by atoms with Gasteiger partial charge in [-0.1, -0.05) is 89.5 Å². The highest BCUT2D eigenvalue weighted by Crippen LogP contribution is 2.57. The fourth-order valence-corrected chi connectivity index (χ4v) is 14.8. The first kappa shape index (κ1) is 40.8. The van der Waals surface area contributed by atoms with Gasteiger partial charge in [-0.25, -0.2) is 0 Å². The van der Waals surface area contributed by atoms with Gasteiger partial charge in [0.05, 0.1) is 42.0 Å². The van der Waals surface area contributed by atoms with Crippen molar-refractivity contribution in [1.29, 1.82) is 0 Å². The van der Waals surface area contributed by atoms with E-state index >= 15 is 0 Å². The zero-order valence-corrected chi connectivity index (χ0v) is 36.7. The van der Waals surface area contributed by atoms with Crippen LogP contribution >= 0.6 is 21.6 Å².